The number of hydrogen-bond acceptors (Lipinski definition) is 5. The molecule has 0 fully saturated rings. The number of aromatic nitrogens is 2. The molecule has 0 aromatic carbocycles. The van der Waals surface area contributed by atoms with Gasteiger partial charge in [-0.05, 0) is 6.92 Å². The first-order valence-electron chi connectivity index (χ1n) is 3.92. The normalized spacial score (nSPS) is 9.69. The van der Waals surface area contributed by atoms with E-state index in [1.165, 1.54) is 0 Å². The summed E-state index contributed by atoms with van der Waals surface area (Å²) in [5.41, 5.74) is 0. The fourth-order valence-electron chi connectivity index (χ4n) is 0.739. The highest BCUT2D eigenvalue weighted by Gasteiger charge is 2.04. The summed E-state index contributed by atoms with van der Waals surface area (Å²) in [6.45, 7) is 3.95. The summed E-state index contributed by atoms with van der Waals surface area (Å²) < 4.78 is 9.65. The van der Waals surface area contributed by atoms with Gasteiger partial charge in [0.25, 0.3) is 0 Å². The van der Waals surface area contributed by atoms with Gasteiger partial charge in [0.15, 0.2) is 0 Å². The molecule has 0 saturated heterocycles. The second-order valence-electron chi connectivity index (χ2n) is 2.29. The molecule has 0 spiro atoms. The number of carbonyl (C=O) groups excluding carboxylic acids is 1. The lowest BCUT2D eigenvalue weighted by Crippen LogP contribution is -2.23. The van der Waals surface area contributed by atoms with Crippen molar-refractivity contribution in [1.82, 2.24) is 15.5 Å². The van der Waals surface area contributed by atoms with E-state index in [4.69, 9.17) is 4.42 Å². The minimum absolute atomic E-state index is 0.194. The molecule has 0 aliphatic heterocycles. The molecule has 6 heteroatoms. The van der Waals surface area contributed by atoms with E-state index < -0.39 is 6.09 Å². The molecule has 0 radical (unpaired) electrons. The van der Waals surface area contributed by atoms with Gasteiger partial charge in [-0.15, -0.1) is 10.2 Å². The van der Waals surface area contributed by atoms with Crippen LogP contribution in [-0.2, 0) is 11.3 Å². The molecule has 0 aliphatic carbocycles. The Bertz CT molecular complexity index is 284. The Morgan fingerprint density at radius 3 is 2.92 bits per heavy atom. The number of nitrogens with one attached hydrogen (secondary N) is 1. The highest BCUT2D eigenvalue weighted by atomic mass is 16.5. The van der Waals surface area contributed by atoms with E-state index in [1.807, 2.05) is 0 Å². The topological polar surface area (TPSA) is 77.2 Å². The van der Waals surface area contributed by atoms with Crippen molar-refractivity contribution in [1.29, 1.82) is 0 Å². The zero-order chi connectivity index (χ0) is 9.68. The average molecular weight is 185 g/mol. The van der Waals surface area contributed by atoms with Gasteiger partial charge in [-0.2, -0.15) is 0 Å². The standard InChI is InChI=1S/C7H11N3O3/c1-3-12-7(11)8-4-6-10-9-5(2)13-6/h3-4H2,1-2H3,(H,8,11). The van der Waals surface area contributed by atoms with Crippen LogP contribution in [-0.4, -0.2) is 22.9 Å². The van der Waals surface area contributed by atoms with Gasteiger partial charge in [-0.3, -0.25) is 0 Å². The first-order valence-corrected chi connectivity index (χ1v) is 3.92. The smallest absolute Gasteiger partial charge is 0.407 e. The molecule has 1 N–H and O–H groups in total. The van der Waals surface area contributed by atoms with Crippen molar-refractivity contribution in [3.05, 3.63) is 11.8 Å². The monoisotopic (exact) mass is 185 g/mol. The molecule has 6 nitrogen and oxygen atoms in total. The van der Waals surface area contributed by atoms with Crippen LogP contribution in [0.4, 0.5) is 4.79 Å². The number of alkyl carbamates (subject to hydrolysis) is 1. The van der Waals surface area contributed by atoms with E-state index in [0.717, 1.165) is 0 Å². The summed E-state index contributed by atoms with van der Waals surface area (Å²) in [5.74, 6) is 0.839. The minimum Gasteiger partial charge on any atom is -0.450 e. The Balaban J connectivity index is 2.30. The van der Waals surface area contributed by atoms with Gasteiger partial charge in [0.2, 0.25) is 11.8 Å². The Labute approximate surface area is 75.3 Å². The van der Waals surface area contributed by atoms with E-state index >= 15 is 0 Å². The summed E-state index contributed by atoms with van der Waals surface area (Å²) in [7, 11) is 0. The SMILES string of the molecule is CCOC(=O)NCc1nnc(C)o1. The van der Waals surface area contributed by atoms with E-state index in [9.17, 15) is 4.79 Å². The maximum atomic E-state index is 10.8. The van der Waals surface area contributed by atoms with Crippen LogP contribution >= 0.6 is 0 Å². The van der Waals surface area contributed by atoms with Gasteiger partial charge < -0.3 is 14.5 Å². The van der Waals surface area contributed by atoms with Crippen LogP contribution in [0.25, 0.3) is 0 Å². The summed E-state index contributed by atoms with van der Waals surface area (Å²) >= 11 is 0. The second-order valence-corrected chi connectivity index (χ2v) is 2.29. The number of aryl methyl sites for hydroxylation is 1. The van der Waals surface area contributed by atoms with E-state index in [2.05, 4.69) is 20.3 Å². The van der Waals surface area contributed by atoms with E-state index in [0.29, 0.717) is 18.4 Å². The van der Waals surface area contributed by atoms with Crippen LogP contribution < -0.4 is 5.32 Å². The van der Waals surface area contributed by atoms with E-state index in [1.54, 1.807) is 13.8 Å². The van der Waals surface area contributed by atoms with Crippen molar-refractivity contribution >= 4 is 6.09 Å². The molecular weight excluding hydrogens is 174 g/mol. The quantitative estimate of drug-likeness (QED) is 0.747. The first kappa shape index (κ1) is 9.50. The molecule has 1 aromatic heterocycles. The van der Waals surface area contributed by atoms with Crippen LogP contribution in [0.5, 0.6) is 0 Å². The zero-order valence-electron chi connectivity index (χ0n) is 7.53. The van der Waals surface area contributed by atoms with Gasteiger partial charge in [-0.25, -0.2) is 4.79 Å². The molecule has 0 atom stereocenters. The molecule has 0 aliphatic rings. The average Bonchev–Trinajstić information content (AvgIpc) is 2.49. The van der Waals surface area contributed by atoms with Gasteiger partial charge >= 0.3 is 6.09 Å². The predicted molar refractivity (Wildman–Crippen MR) is 42.9 cm³/mol. The second kappa shape index (κ2) is 4.44. The van der Waals surface area contributed by atoms with Crippen molar-refractivity contribution in [3.8, 4) is 0 Å². The first-order chi connectivity index (χ1) is 6.22. The van der Waals surface area contributed by atoms with Gasteiger partial charge in [-0.1, -0.05) is 0 Å². The highest BCUT2D eigenvalue weighted by Crippen LogP contribution is 1.96. The molecule has 0 saturated carbocycles. The fraction of sp³-hybridized carbons (Fsp3) is 0.571. The van der Waals surface area contributed by atoms with Crippen LogP contribution in [0, 0.1) is 6.92 Å². The Kier molecular flexibility index (Phi) is 3.24. The van der Waals surface area contributed by atoms with Gasteiger partial charge in [0, 0.05) is 6.92 Å². The molecule has 13 heavy (non-hydrogen) atoms. The third kappa shape index (κ3) is 3.10. The highest BCUT2D eigenvalue weighted by molar-refractivity contribution is 5.66. The predicted octanol–water partition coefficient (Wildman–Crippen LogP) is 0.624. The molecule has 72 valence electrons. The van der Waals surface area contributed by atoms with Crippen molar-refractivity contribution in [2.75, 3.05) is 6.61 Å². The largest absolute Gasteiger partial charge is 0.450 e. The lowest BCUT2D eigenvalue weighted by molar-refractivity contribution is 0.150. The Morgan fingerprint density at radius 1 is 1.62 bits per heavy atom. The van der Waals surface area contributed by atoms with Crippen LogP contribution in [0.2, 0.25) is 0 Å². The van der Waals surface area contributed by atoms with Crippen LogP contribution in [0.15, 0.2) is 4.42 Å². The zero-order valence-corrected chi connectivity index (χ0v) is 7.53. The van der Waals surface area contributed by atoms with Crippen molar-refractivity contribution in [3.63, 3.8) is 0 Å². The van der Waals surface area contributed by atoms with Crippen LogP contribution in [0.3, 0.4) is 0 Å². The van der Waals surface area contributed by atoms with Gasteiger partial charge in [0.05, 0.1) is 13.2 Å². The summed E-state index contributed by atoms with van der Waals surface area (Å²) in [5, 5.41) is 9.75. The lowest BCUT2D eigenvalue weighted by Gasteiger charge is -2.00. The third-order valence-corrected chi connectivity index (χ3v) is 1.23. The molecule has 1 heterocycles. The summed E-state index contributed by atoms with van der Waals surface area (Å²) in [4.78, 5) is 10.8. The van der Waals surface area contributed by atoms with Crippen molar-refractivity contribution in [2.24, 2.45) is 0 Å². The number of carbonyl (C=O) groups is 1. The fourth-order valence-corrected chi connectivity index (χ4v) is 0.739. The number of ether oxygens (including phenoxy) is 1. The minimum atomic E-state index is -0.488. The molecule has 0 bridgehead atoms. The Morgan fingerprint density at radius 2 is 2.38 bits per heavy atom. The van der Waals surface area contributed by atoms with E-state index in [-0.39, 0.29) is 6.54 Å². The maximum Gasteiger partial charge on any atom is 0.407 e. The molecule has 1 rings (SSSR count). The number of hydrogen-bond donors (Lipinski definition) is 1. The number of nitrogens with zero attached hydrogens (tertiary/aromatic N) is 2. The molecule has 1 aromatic rings. The molecule has 1 amide bonds. The summed E-state index contributed by atoms with van der Waals surface area (Å²) in [6, 6.07) is 0. The van der Waals surface area contributed by atoms with Crippen molar-refractivity contribution in [2.45, 2.75) is 20.4 Å². The molecular formula is C7H11N3O3. The summed E-state index contributed by atoms with van der Waals surface area (Å²) in [6.07, 6.45) is -0.488. The van der Waals surface area contributed by atoms with Gasteiger partial charge in [0.1, 0.15) is 0 Å². The maximum absolute atomic E-state index is 10.8. The third-order valence-electron chi connectivity index (χ3n) is 1.23. The Hall–Kier alpha value is -1.59. The molecule has 0 unspecified atom stereocenters. The number of rotatable bonds is 3. The van der Waals surface area contributed by atoms with Crippen LogP contribution in [0.1, 0.15) is 18.7 Å². The van der Waals surface area contributed by atoms with Crippen molar-refractivity contribution < 1.29 is 13.9 Å². The lowest BCUT2D eigenvalue weighted by atomic mass is 10.6. The number of amides is 1.